The molecule has 3 fully saturated rings. The number of likely N-dealkylation sites (N-methyl/N-ethyl adjacent to an activating group) is 2. The van der Waals surface area contributed by atoms with Crippen molar-refractivity contribution in [3.63, 3.8) is 0 Å². The van der Waals surface area contributed by atoms with E-state index in [0.29, 0.717) is 11.1 Å². The fourth-order valence-electron chi connectivity index (χ4n) is 7.65. The van der Waals surface area contributed by atoms with Crippen molar-refractivity contribution in [2.75, 3.05) is 27.7 Å². The van der Waals surface area contributed by atoms with Crippen LogP contribution in [0.25, 0.3) is 6.08 Å². The molecule has 3 aliphatic carbocycles. The van der Waals surface area contributed by atoms with Gasteiger partial charge in [-0.05, 0) is 88.3 Å². The smallest absolute Gasteiger partial charge is 0.338 e. The predicted molar refractivity (Wildman–Crippen MR) is 215 cm³/mol. The van der Waals surface area contributed by atoms with Gasteiger partial charge in [-0.3, -0.25) is 19.2 Å². The highest BCUT2D eigenvalue weighted by molar-refractivity contribution is 5.98. The maximum Gasteiger partial charge on any atom is 0.338 e. The highest BCUT2D eigenvalue weighted by Crippen LogP contribution is 2.59. The van der Waals surface area contributed by atoms with Crippen molar-refractivity contribution in [1.82, 2.24) is 15.1 Å². The van der Waals surface area contributed by atoms with E-state index in [-0.39, 0.29) is 49.0 Å². The Bertz CT molecular complexity index is 1880. The van der Waals surface area contributed by atoms with Gasteiger partial charge in [-0.1, -0.05) is 42.5 Å². The van der Waals surface area contributed by atoms with Gasteiger partial charge in [0, 0.05) is 63.9 Å². The highest BCUT2D eigenvalue weighted by Gasteiger charge is 2.64. The van der Waals surface area contributed by atoms with E-state index in [2.05, 4.69) is 5.32 Å². The highest BCUT2D eigenvalue weighted by atomic mass is 16.8. The lowest BCUT2D eigenvalue weighted by molar-refractivity contribution is -0.209. The summed E-state index contributed by atoms with van der Waals surface area (Å²) >= 11 is 0. The fourth-order valence-corrected chi connectivity index (χ4v) is 7.65. The first-order chi connectivity index (χ1) is 27.6. The molecule has 13 heteroatoms. The number of nitrogens with one attached hydrogen (secondary N) is 1. The van der Waals surface area contributed by atoms with Crippen LogP contribution in [0.3, 0.4) is 0 Å². The van der Waals surface area contributed by atoms with Crippen molar-refractivity contribution < 1.29 is 48.0 Å². The average molecular weight is 800 g/mol. The van der Waals surface area contributed by atoms with Crippen LogP contribution in [0.2, 0.25) is 0 Å². The number of nitrogens with zero attached hydrogens (tertiary/aromatic N) is 2. The number of aliphatic hydroxyl groups is 1. The van der Waals surface area contributed by atoms with Gasteiger partial charge in [-0.2, -0.15) is 0 Å². The van der Waals surface area contributed by atoms with E-state index >= 15 is 0 Å². The number of ether oxygens (including phenoxy) is 4. The van der Waals surface area contributed by atoms with E-state index < -0.39 is 72.1 Å². The number of aliphatic hydroxyl groups excluding tert-OH is 1. The van der Waals surface area contributed by atoms with Crippen molar-refractivity contribution in [1.29, 1.82) is 0 Å². The molecular formula is C45H57N3O10. The first-order valence-electron chi connectivity index (χ1n) is 20.3. The van der Waals surface area contributed by atoms with Gasteiger partial charge in [0.2, 0.25) is 17.7 Å². The lowest BCUT2D eigenvalue weighted by atomic mass is 9.90. The number of rotatable bonds is 16. The van der Waals surface area contributed by atoms with Crippen LogP contribution in [0.15, 0.2) is 72.3 Å². The lowest BCUT2D eigenvalue weighted by Crippen LogP contribution is -2.53. The molecule has 0 bridgehead atoms. The van der Waals surface area contributed by atoms with Crippen LogP contribution < -0.4 is 5.32 Å². The van der Waals surface area contributed by atoms with Crippen LogP contribution in [0.4, 0.5) is 0 Å². The Morgan fingerprint density at radius 2 is 1.66 bits per heavy atom. The van der Waals surface area contributed by atoms with Gasteiger partial charge < -0.3 is 39.2 Å². The van der Waals surface area contributed by atoms with Crippen LogP contribution >= 0.6 is 0 Å². The second-order valence-corrected chi connectivity index (χ2v) is 17.1. The molecule has 2 aromatic rings. The molecule has 0 aromatic heterocycles. The number of amides is 3. The SMILES string of the molecule is CN(C)C(=O)C=Cc1cccc(C(=O)OC2CC(C(=O)N(C)C(Cc3ccccc3)C(=O)NC(CO)CCC(=O)OC(C)(C)C)=CC3OC(C4CC4)(C4CC4)OC32)c1. The molecule has 0 radical (unpaired) electrons. The molecule has 3 amide bonds. The number of carbonyl (C=O) groups excluding carboxylic acids is 5. The Morgan fingerprint density at radius 1 is 0.966 bits per heavy atom. The van der Waals surface area contributed by atoms with Crippen LogP contribution in [0.1, 0.15) is 87.2 Å². The number of benzene rings is 2. The van der Waals surface area contributed by atoms with E-state index in [0.717, 1.165) is 31.2 Å². The summed E-state index contributed by atoms with van der Waals surface area (Å²) in [4.78, 5) is 69.9. The Hall–Kier alpha value is -4.85. The number of hydrogen-bond acceptors (Lipinski definition) is 10. The molecule has 1 saturated heterocycles. The monoisotopic (exact) mass is 799 g/mol. The molecule has 13 nitrogen and oxygen atoms in total. The minimum atomic E-state index is -1.00. The number of esters is 2. The molecule has 1 heterocycles. The first kappa shape index (κ1) is 42.7. The van der Waals surface area contributed by atoms with E-state index in [4.69, 9.17) is 18.9 Å². The molecule has 5 unspecified atom stereocenters. The van der Waals surface area contributed by atoms with Gasteiger partial charge in [-0.25, -0.2) is 4.79 Å². The average Bonchev–Trinajstić information content (AvgIpc) is 4.14. The van der Waals surface area contributed by atoms with Gasteiger partial charge in [0.05, 0.1) is 18.2 Å². The number of fused-ring (bicyclic) bond motifs is 1. The summed E-state index contributed by atoms with van der Waals surface area (Å²) in [6.07, 6.45) is 6.84. The number of hydrogen-bond donors (Lipinski definition) is 2. The van der Waals surface area contributed by atoms with Crippen molar-refractivity contribution >= 4 is 35.7 Å². The zero-order valence-electron chi connectivity index (χ0n) is 34.3. The van der Waals surface area contributed by atoms with E-state index in [1.807, 2.05) is 30.3 Å². The molecule has 2 aromatic carbocycles. The summed E-state index contributed by atoms with van der Waals surface area (Å²) < 4.78 is 25.2. The first-order valence-corrected chi connectivity index (χ1v) is 20.3. The van der Waals surface area contributed by atoms with Gasteiger partial charge >= 0.3 is 11.9 Å². The van der Waals surface area contributed by atoms with E-state index in [1.54, 1.807) is 78.3 Å². The van der Waals surface area contributed by atoms with Crippen LogP contribution in [0.5, 0.6) is 0 Å². The third-order valence-electron chi connectivity index (χ3n) is 11.0. The fraction of sp³-hybridized carbons (Fsp3) is 0.533. The molecule has 58 heavy (non-hydrogen) atoms. The summed E-state index contributed by atoms with van der Waals surface area (Å²) in [6.45, 7) is 4.89. The summed E-state index contributed by atoms with van der Waals surface area (Å²) in [7, 11) is 4.87. The topological polar surface area (TPSA) is 161 Å². The number of carbonyl (C=O) groups is 5. The maximum atomic E-state index is 14.6. The van der Waals surface area contributed by atoms with Crippen LogP contribution in [-0.4, -0.2) is 114 Å². The normalized spacial score (nSPS) is 22.3. The van der Waals surface area contributed by atoms with Crippen LogP contribution in [-0.2, 0) is 44.5 Å². The maximum absolute atomic E-state index is 14.6. The second-order valence-electron chi connectivity index (χ2n) is 17.1. The summed E-state index contributed by atoms with van der Waals surface area (Å²) in [5.41, 5.74) is 1.38. The van der Waals surface area contributed by atoms with Gasteiger partial charge in [0.15, 0.2) is 5.79 Å². The zero-order valence-corrected chi connectivity index (χ0v) is 34.3. The third-order valence-corrected chi connectivity index (χ3v) is 11.0. The van der Waals surface area contributed by atoms with Crippen LogP contribution in [0, 0.1) is 11.8 Å². The Kier molecular flexibility index (Phi) is 13.2. The lowest BCUT2D eigenvalue weighted by Gasteiger charge is -2.34. The van der Waals surface area contributed by atoms with Crippen molar-refractivity contribution in [3.8, 4) is 0 Å². The third kappa shape index (κ3) is 10.6. The Balaban J connectivity index is 1.23. The molecule has 6 rings (SSSR count). The quantitative estimate of drug-likeness (QED) is 0.181. The van der Waals surface area contributed by atoms with Crippen molar-refractivity contribution in [2.24, 2.45) is 11.8 Å². The van der Waals surface area contributed by atoms with E-state index in [1.165, 1.54) is 15.9 Å². The zero-order chi connectivity index (χ0) is 41.8. The molecule has 312 valence electrons. The largest absolute Gasteiger partial charge is 0.460 e. The van der Waals surface area contributed by atoms with Gasteiger partial charge in [0.25, 0.3) is 0 Å². The molecule has 5 atom stereocenters. The molecular weight excluding hydrogens is 743 g/mol. The second kappa shape index (κ2) is 18.0. The Morgan fingerprint density at radius 3 is 2.28 bits per heavy atom. The molecule has 2 N–H and O–H groups in total. The van der Waals surface area contributed by atoms with E-state index in [9.17, 15) is 29.1 Å². The predicted octanol–water partition coefficient (Wildman–Crippen LogP) is 4.61. The standard InChI is InChI=1S/C45H57N3O10/c1-44(2,3)57-39(51)22-20-34(27-49)46-41(52)35(24-28-11-8-7-9-12-28)48(6)42(53)31-25-36(40-37(26-31)56-45(58-40,32-16-17-32)33-18-19-33)55-43(54)30-14-10-13-29(23-30)15-21-38(50)47(4)5/h7-15,21,23,26,32-37,40,49H,16-20,22,24-25,27H2,1-6H3,(H,46,52). The van der Waals surface area contributed by atoms with Crippen molar-refractivity contribution in [2.45, 2.75) is 114 Å². The molecule has 1 aliphatic heterocycles. The summed E-state index contributed by atoms with van der Waals surface area (Å²) in [5.74, 6) is -2.56. The Labute approximate surface area is 340 Å². The summed E-state index contributed by atoms with van der Waals surface area (Å²) in [6, 6.07) is 14.3. The van der Waals surface area contributed by atoms with Crippen molar-refractivity contribution in [3.05, 3.63) is 89.0 Å². The molecule has 4 aliphatic rings. The minimum absolute atomic E-state index is 0.0150. The summed E-state index contributed by atoms with van der Waals surface area (Å²) in [5, 5.41) is 13.0. The van der Waals surface area contributed by atoms with Gasteiger partial charge in [-0.15, -0.1) is 0 Å². The molecule has 0 spiro atoms. The van der Waals surface area contributed by atoms with Gasteiger partial charge in [0.1, 0.15) is 30.0 Å². The molecule has 2 saturated carbocycles. The minimum Gasteiger partial charge on any atom is -0.460 e.